The standard InChI is InChI=1S/C11H15ClF3NO3S2/c1-3-7(2)9(10(12,17)11(13,14)15)16-21(18,19)8-5-4-6-20-8/h4-7,9,16-17H,3H2,1-2H3/t7-,9-,10+/m0/s1. The number of sulfonamides is 1. The zero-order valence-corrected chi connectivity index (χ0v) is 13.6. The summed E-state index contributed by atoms with van der Waals surface area (Å²) in [5.74, 6) is -0.830. The summed E-state index contributed by atoms with van der Waals surface area (Å²) in [7, 11) is -4.19. The van der Waals surface area contributed by atoms with Crippen LogP contribution >= 0.6 is 22.9 Å². The lowest BCUT2D eigenvalue weighted by Gasteiger charge is -2.35. The molecule has 0 amide bonds. The fourth-order valence-corrected chi connectivity index (χ4v) is 4.34. The number of alkyl halides is 4. The monoisotopic (exact) mass is 365 g/mol. The molecule has 1 aromatic heterocycles. The van der Waals surface area contributed by atoms with Crippen molar-refractivity contribution < 1.29 is 26.7 Å². The second-order valence-electron chi connectivity index (χ2n) is 4.59. The van der Waals surface area contributed by atoms with E-state index in [9.17, 15) is 26.7 Å². The molecule has 4 nitrogen and oxygen atoms in total. The Morgan fingerprint density at radius 1 is 1.48 bits per heavy atom. The highest BCUT2D eigenvalue weighted by atomic mass is 35.5. The van der Waals surface area contributed by atoms with Crippen LogP contribution in [0.5, 0.6) is 0 Å². The van der Waals surface area contributed by atoms with Crippen LogP contribution in [0.25, 0.3) is 0 Å². The van der Waals surface area contributed by atoms with Gasteiger partial charge in [-0.1, -0.05) is 37.9 Å². The minimum absolute atomic E-state index is 0.148. The molecule has 0 aromatic carbocycles. The molecule has 1 heterocycles. The van der Waals surface area contributed by atoms with E-state index in [0.717, 1.165) is 11.3 Å². The molecule has 3 atom stereocenters. The summed E-state index contributed by atoms with van der Waals surface area (Å²) in [6.45, 7) is 2.95. The maximum absolute atomic E-state index is 12.9. The van der Waals surface area contributed by atoms with Gasteiger partial charge in [-0.3, -0.25) is 0 Å². The molecule has 0 saturated carbocycles. The van der Waals surface area contributed by atoms with Crippen molar-refractivity contribution in [2.24, 2.45) is 5.92 Å². The quantitative estimate of drug-likeness (QED) is 0.762. The highest BCUT2D eigenvalue weighted by Gasteiger charge is 2.59. The molecule has 0 aliphatic heterocycles. The van der Waals surface area contributed by atoms with E-state index in [0.29, 0.717) is 0 Å². The van der Waals surface area contributed by atoms with Gasteiger partial charge >= 0.3 is 6.18 Å². The predicted octanol–water partition coefficient (Wildman–Crippen LogP) is 2.93. The molecule has 0 bridgehead atoms. The maximum atomic E-state index is 12.9. The average molecular weight is 366 g/mol. The molecular weight excluding hydrogens is 351 g/mol. The second-order valence-corrected chi connectivity index (χ2v) is 8.05. The van der Waals surface area contributed by atoms with Gasteiger partial charge in [-0.15, -0.1) is 11.3 Å². The highest BCUT2D eigenvalue weighted by Crippen LogP contribution is 2.40. The summed E-state index contributed by atoms with van der Waals surface area (Å²) in [5, 5.41) is 7.38. The molecule has 10 heteroatoms. The molecular formula is C11H15ClF3NO3S2. The molecule has 2 N–H and O–H groups in total. The average Bonchev–Trinajstić information content (AvgIpc) is 2.88. The number of hydrogen-bond acceptors (Lipinski definition) is 4. The van der Waals surface area contributed by atoms with Crippen LogP contribution in [0.4, 0.5) is 13.2 Å². The van der Waals surface area contributed by atoms with E-state index in [2.05, 4.69) is 0 Å². The first-order chi connectivity index (χ1) is 9.43. The van der Waals surface area contributed by atoms with Crippen molar-refractivity contribution in [2.75, 3.05) is 0 Å². The molecule has 21 heavy (non-hydrogen) atoms. The smallest absolute Gasteiger partial charge is 0.366 e. The van der Waals surface area contributed by atoms with Gasteiger partial charge in [0, 0.05) is 0 Å². The van der Waals surface area contributed by atoms with Crippen LogP contribution in [0.2, 0.25) is 0 Å². The van der Waals surface area contributed by atoms with Crippen molar-refractivity contribution in [3.63, 3.8) is 0 Å². The van der Waals surface area contributed by atoms with Gasteiger partial charge in [0.1, 0.15) is 4.21 Å². The Kier molecular flexibility index (Phi) is 5.71. The van der Waals surface area contributed by atoms with Gasteiger partial charge in [-0.2, -0.15) is 13.2 Å². The Morgan fingerprint density at radius 2 is 2.05 bits per heavy atom. The molecule has 0 saturated heterocycles. The normalized spacial score (nSPS) is 19.0. The van der Waals surface area contributed by atoms with Crippen LogP contribution < -0.4 is 4.72 Å². The van der Waals surface area contributed by atoms with E-state index in [1.54, 1.807) is 6.92 Å². The number of nitrogens with one attached hydrogen (secondary N) is 1. The molecule has 0 aliphatic carbocycles. The largest absolute Gasteiger partial charge is 0.433 e. The van der Waals surface area contributed by atoms with Crippen LogP contribution in [0.1, 0.15) is 20.3 Å². The first-order valence-corrected chi connectivity index (χ1v) is 8.71. The van der Waals surface area contributed by atoms with Crippen LogP contribution in [-0.2, 0) is 10.0 Å². The molecule has 0 fully saturated rings. The summed E-state index contributed by atoms with van der Waals surface area (Å²) in [6.07, 6.45) is -4.98. The molecule has 1 aromatic rings. The SMILES string of the molecule is CC[C@H](C)[C@H](NS(=O)(=O)c1cccs1)[C@](O)(Cl)C(F)(F)F. The van der Waals surface area contributed by atoms with Gasteiger partial charge in [0.15, 0.2) is 0 Å². The molecule has 0 aliphatic rings. The number of halogens is 4. The Balaban J connectivity index is 3.17. The van der Waals surface area contributed by atoms with Gasteiger partial charge in [-0.25, -0.2) is 13.1 Å². The summed E-state index contributed by atoms with van der Waals surface area (Å²) in [4.78, 5) is 0. The van der Waals surface area contributed by atoms with Crippen LogP contribution in [0, 0.1) is 5.92 Å². The lowest BCUT2D eigenvalue weighted by Crippen LogP contribution is -2.59. The fraction of sp³-hybridized carbons (Fsp3) is 0.636. The lowest BCUT2D eigenvalue weighted by molar-refractivity contribution is -0.235. The Morgan fingerprint density at radius 3 is 2.43 bits per heavy atom. The van der Waals surface area contributed by atoms with Crippen LogP contribution in [-0.4, -0.2) is 30.8 Å². The van der Waals surface area contributed by atoms with Crippen LogP contribution in [0.15, 0.2) is 21.7 Å². The number of aliphatic hydroxyl groups is 1. The highest BCUT2D eigenvalue weighted by molar-refractivity contribution is 7.91. The van der Waals surface area contributed by atoms with E-state index in [4.69, 9.17) is 11.6 Å². The van der Waals surface area contributed by atoms with Gasteiger partial charge in [-0.05, 0) is 17.4 Å². The van der Waals surface area contributed by atoms with E-state index >= 15 is 0 Å². The molecule has 122 valence electrons. The van der Waals surface area contributed by atoms with Crippen molar-refractivity contribution in [1.29, 1.82) is 0 Å². The van der Waals surface area contributed by atoms with Crippen molar-refractivity contribution in [3.8, 4) is 0 Å². The minimum Gasteiger partial charge on any atom is -0.366 e. The lowest BCUT2D eigenvalue weighted by atomic mass is 9.94. The zero-order valence-electron chi connectivity index (χ0n) is 11.2. The number of hydrogen-bond donors (Lipinski definition) is 2. The Hall–Kier alpha value is -0.350. The van der Waals surface area contributed by atoms with E-state index in [-0.39, 0.29) is 10.6 Å². The zero-order chi connectivity index (χ0) is 16.5. The fourth-order valence-electron chi connectivity index (χ4n) is 1.62. The number of thiophene rings is 1. The van der Waals surface area contributed by atoms with Crippen molar-refractivity contribution in [3.05, 3.63) is 17.5 Å². The summed E-state index contributed by atoms with van der Waals surface area (Å²) < 4.78 is 64.5. The predicted molar refractivity (Wildman–Crippen MR) is 74.7 cm³/mol. The number of rotatable bonds is 6. The third-order valence-electron chi connectivity index (χ3n) is 3.06. The molecule has 1 rings (SSSR count). The molecule has 0 radical (unpaired) electrons. The third-order valence-corrected chi connectivity index (χ3v) is 6.35. The topological polar surface area (TPSA) is 66.4 Å². The summed E-state index contributed by atoms with van der Waals surface area (Å²) in [5.41, 5.74) is 0. The summed E-state index contributed by atoms with van der Waals surface area (Å²) >= 11 is 6.08. The Labute approximate surface area is 130 Å². The van der Waals surface area contributed by atoms with E-state index in [1.807, 2.05) is 4.72 Å². The van der Waals surface area contributed by atoms with Gasteiger partial charge in [0.05, 0.1) is 6.04 Å². The first kappa shape index (κ1) is 18.7. The Bertz CT molecular complexity index is 558. The van der Waals surface area contributed by atoms with Crippen molar-refractivity contribution in [2.45, 2.75) is 41.8 Å². The first-order valence-electron chi connectivity index (χ1n) is 5.97. The van der Waals surface area contributed by atoms with Gasteiger partial charge < -0.3 is 5.11 Å². The van der Waals surface area contributed by atoms with E-state index in [1.165, 1.54) is 24.4 Å². The van der Waals surface area contributed by atoms with Gasteiger partial charge in [0.2, 0.25) is 10.0 Å². The molecule has 0 spiro atoms. The van der Waals surface area contributed by atoms with Crippen molar-refractivity contribution >= 4 is 33.0 Å². The van der Waals surface area contributed by atoms with Crippen molar-refractivity contribution in [1.82, 2.24) is 4.72 Å². The van der Waals surface area contributed by atoms with Crippen LogP contribution in [0.3, 0.4) is 0 Å². The summed E-state index contributed by atoms with van der Waals surface area (Å²) in [6, 6.07) is 0.798. The second kappa shape index (κ2) is 6.41. The minimum atomic E-state index is -5.18. The maximum Gasteiger partial charge on any atom is 0.433 e. The molecule has 0 unspecified atom stereocenters. The third kappa shape index (κ3) is 4.10. The van der Waals surface area contributed by atoms with Gasteiger partial charge in [0.25, 0.3) is 5.06 Å². The van der Waals surface area contributed by atoms with E-state index < -0.39 is 33.2 Å².